The van der Waals surface area contributed by atoms with Crippen LogP contribution in [-0.2, 0) is 12.8 Å². The summed E-state index contributed by atoms with van der Waals surface area (Å²) in [6, 6.07) is 4.26. The summed E-state index contributed by atoms with van der Waals surface area (Å²) in [5, 5.41) is 2.54. The van der Waals surface area contributed by atoms with Crippen molar-refractivity contribution in [1.29, 1.82) is 0 Å². The van der Waals surface area contributed by atoms with Crippen molar-refractivity contribution in [3.05, 3.63) is 23.3 Å². The maximum Gasteiger partial charge on any atom is 0.0696 e. The van der Waals surface area contributed by atoms with Crippen LogP contribution in [-0.4, -0.2) is 28.2 Å². The Balaban J connectivity index is 2.56. The van der Waals surface area contributed by atoms with Gasteiger partial charge in [0.15, 0.2) is 0 Å². The van der Waals surface area contributed by atoms with Crippen LogP contribution < -0.4 is 21.3 Å². The van der Waals surface area contributed by atoms with Crippen LogP contribution in [0.3, 0.4) is 0 Å². The fourth-order valence-electron chi connectivity index (χ4n) is 3.45. The van der Waals surface area contributed by atoms with E-state index in [0.29, 0.717) is 0 Å². The van der Waals surface area contributed by atoms with E-state index in [4.69, 9.17) is 11.5 Å². The summed E-state index contributed by atoms with van der Waals surface area (Å²) in [5.74, 6) is 0. The van der Waals surface area contributed by atoms with Crippen molar-refractivity contribution >= 4 is 33.5 Å². The highest BCUT2D eigenvalue weighted by Gasteiger charge is 2.24. The second-order valence-corrected chi connectivity index (χ2v) is 5.99. The Kier molecular flexibility index (Phi) is 2.71. The van der Waals surface area contributed by atoms with Gasteiger partial charge in [-0.3, -0.25) is 0 Å². The third kappa shape index (κ3) is 1.60. The van der Waals surface area contributed by atoms with Gasteiger partial charge in [0.25, 0.3) is 0 Å². The van der Waals surface area contributed by atoms with E-state index in [1.165, 1.54) is 21.9 Å². The van der Waals surface area contributed by atoms with E-state index in [-0.39, 0.29) is 0 Å². The van der Waals surface area contributed by atoms with E-state index in [1.807, 2.05) is 28.2 Å². The molecule has 106 valence electrons. The van der Waals surface area contributed by atoms with Gasteiger partial charge in [-0.1, -0.05) is 0 Å². The molecule has 0 fully saturated rings. The third-order valence-corrected chi connectivity index (χ3v) is 4.13. The van der Waals surface area contributed by atoms with Gasteiger partial charge in [0.2, 0.25) is 0 Å². The minimum atomic E-state index is 0.832. The topological polar surface area (TPSA) is 58.5 Å². The zero-order chi connectivity index (χ0) is 14.6. The van der Waals surface area contributed by atoms with Gasteiger partial charge in [-0.15, -0.1) is 0 Å². The Hall–Kier alpha value is -2.10. The largest absolute Gasteiger partial charge is 0.397 e. The third-order valence-electron chi connectivity index (χ3n) is 4.13. The highest BCUT2D eigenvalue weighted by Crippen LogP contribution is 2.47. The van der Waals surface area contributed by atoms with Gasteiger partial charge >= 0.3 is 0 Å². The number of nitrogen functional groups attached to an aromatic ring is 2. The van der Waals surface area contributed by atoms with Gasteiger partial charge in [-0.05, 0) is 41.5 Å². The van der Waals surface area contributed by atoms with Crippen LogP contribution in [0, 0.1) is 0 Å². The molecular weight excluding hydrogens is 248 g/mol. The van der Waals surface area contributed by atoms with Crippen LogP contribution in [0.1, 0.15) is 11.1 Å². The molecule has 4 N–H and O–H groups in total. The Morgan fingerprint density at radius 2 is 1.15 bits per heavy atom. The smallest absolute Gasteiger partial charge is 0.0696 e. The number of rotatable bonds is 2. The Labute approximate surface area is 119 Å². The van der Waals surface area contributed by atoms with Crippen molar-refractivity contribution in [2.45, 2.75) is 12.8 Å². The quantitative estimate of drug-likeness (QED) is 0.822. The molecule has 4 nitrogen and oxygen atoms in total. The molecule has 3 rings (SSSR count). The van der Waals surface area contributed by atoms with Gasteiger partial charge < -0.3 is 21.3 Å². The first-order valence-corrected chi connectivity index (χ1v) is 6.93. The molecule has 0 bridgehead atoms. The Morgan fingerprint density at radius 3 is 1.50 bits per heavy atom. The molecule has 0 aliphatic heterocycles. The maximum atomic E-state index is 6.31. The van der Waals surface area contributed by atoms with Crippen LogP contribution >= 0.6 is 0 Å². The van der Waals surface area contributed by atoms with Crippen molar-refractivity contribution in [1.82, 2.24) is 0 Å². The molecule has 1 aliphatic rings. The first kappa shape index (κ1) is 12.9. The molecule has 0 atom stereocenters. The molecule has 0 amide bonds. The van der Waals surface area contributed by atoms with Crippen LogP contribution in [0.4, 0.5) is 22.7 Å². The number of anilines is 4. The summed E-state index contributed by atoms with van der Waals surface area (Å²) in [6.07, 6.45) is 2.11. The Bertz CT molecular complexity index is 645. The zero-order valence-electron chi connectivity index (χ0n) is 12.6. The van der Waals surface area contributed by atoms with Crippen molar-refractivity contribution < 1.29 is 0 Å². The van der Waals surface area contributed by atoms with Crippen molar-refractivity contribution in [3.63, 3.8) is 0 Å². The Morgan fingerprint density at radius 1 is 0.750 bits per heavy atom. The average molecular weight is 270 g/mol. The SMILES string of the molecule is CN(C)c1c(N)cc2c3c(cc(N)c(N(C)C)c13)CC2. The molecule has 0 aromatic heterocycles. The maximum absolute atomic E-state index is 6.31. The van der Waals surface area contributed by atoms with Gasteiger partial charge in [-0.25, -0.2) is 0 Å². The van der Waals surface area contributed by atoms with Crippen LogP contribution in [0.2, 0.25) is 0 Å². The number of aryl methyl sites for hydroxylation is 2. The van der Waals surface area contributed by atoms with Gasteiger partial charge in [0.1, 0.15) is 0 Å². The summed E-state index contributed by atoms with van der Waals surface area (Å²) in [7, 11) is 8.13. The predicted octanol–water partition coefficient (Wildman–Crippen LogP) is 2.23. The van der Waals surface area contributed by atoms with Gasteiger partial charge in [-0.2, -0.15) is 0 Å². The lowest BCUT2D eigenvalue weighted by Gasteiger charge is -2.25. The molecule has 2 aromatic rings. The lowest BCUT2D eigenvalue weighted by Crippen LogP contribution is -2.16. The molecular formula is C16H22N4. The van der Waals surface area contributed by atoms with Gasteiger partial charge in [0, 0.05) is 33.6 Å². The summed E-state index contributed by atoms with van der Waals surface area (Å²) in [5.41, 5.74) is 19.1. The molecule has 0 radical (unpaired) electrons. The van der Waals surface area contributed by atoms with Gasteiger partial charge in [0.05, 0.1) is 22.7 Å². The minimum absolute atomic E-state index is 0.832. The molecule has 0 saturated carbocycles. The minimum Gasteiger partial charge on any atom is -0.397 e. The average Bonchev–Trinajstić information content (AvgIpc) is 2.71. The fourth-order valence-corrected chi connectivity index (χ4v) is 3.45. The molecule has 2 aromatic carbocycles. The van der Waals surface area contributed by atoms with Crippen LogP contribution in [0.15, 0.2) is 12.1 Å². The molecule has 4 heteroatoms. The number of hydrogen-bond donors (Lipinski definition) is 2. The van der Waals surface area contributed by atoms with E-state index in [0.717, 1.165) is 35.6 Å². The second kappa shape index (κ2) is 4.20. The summed E-state index contributed by atoms with van der Waals surface area (Å²) < 4.78 is 0. The van der Waals surface area contributed by atoms with Crippen LogP contribution in [0.5, 0.6) is 0 Å². The lowest BCUT2D eigenvalue weighted by atomic mass is 9.98. The fraction of sp³-hybridized carbons (Fsp3) is 0.375. The van der Waals surface area contributed by atoms with E-state index in [2.05, 4.69) is 21.9 Å². The molecule has 0 spiro atoms. The molecule has 1 aliphatic carbocycles. The second-order valence-electron chi connectivity index (χ2n) is 5.99. The lowest BCUT2D eigenvalue weighted by molar-refractivity contribution is 1.02. The molecule has 0 heterocycles. The predicted molar refractivity (Wildman–Crippen MR) is 88.8 cm³/mol. The number of nitrogens with two attached hydrogens (primary N) is 2. The first-order valence-electron chi connectivity index (χ1n) is 6.93. The molecule has 0 saturated heterocycles. The standard InChI is InChI=1S/C16H22N4/c1-19(2)15-11(17)7-9-5-6-10-8-12(18)16(20(3)4)14(15)13(9)10/h7-8H,5-6,17-18H2,1-4H3. The van der Waals surface area contributed by atoms with Crippen LogP contribution in [0.25, 0.3) is 10.8 Å². The van der Waals surface area contributed by atoms with Crippen molar-refractivity contribution in [2.75, 3.05) is 49.5 Å². The molecule has 20 heavy (non-hydrogen) atoms. The zero-order valence-corrected chi connectivity index (χ0v) is 12.6. The number of nitrogens with zero attached hydrogens (tertiary/aromatic N) is 2. The summed E-state index contributed by atoms with van der Waals surface area (Å²) in [4.78, 5) is 4.17. The van der Waals surface area contributed by atoms with E-state index in [9.17, 15) is 0 Å². The summed E-state index contributed by atoms with van der Waals surface area (Å²) in [6.45, 7) is 0. The summed E-state index contributed by atoms with van der Waals surface area (Å²) >= 11 is 0. The molecule has 0 unspecified atom stereocenters. The van der Waals surface area contributed by atoms with E-state index < -0.39 is 0 Å². The highest BCUT2D eigenvalue weighted by molar-refractivity contribution is 6.14. The number of hydrogen-bond acceptors (Lipinski definition) is 4. The first-order chi connectivity index (χ1) is 9.41. The monoisotopic (exact) mass is 270 g/mol. The normalized spacial score (nSPS) is 13.0. The van der Waals surface area contributed by atoms with Crippen molar-refractivity contribution in [3.8, 4) is 0 Å². The highest BCUT2D eigenvalue weighted by atomic mass is 15.1. The number of benzene rings is 2. The van der Waals surface area contributed by atoms with Crippen molar-refractivity contribution in [2.24, 2.45) is 0 Å². The van der Waals surface area contributed by atoms with E-state index in [1.54, 1.807) is 0 Å². The van der Waals surface area contributed by atoms with E-state index >= 15 is 0 Å².